The van der Waals surface area contributed by atoms with Crippen LogP contribution in [-0.4, -0.2) is 55.7 Å². The average Bonchev–Trinajstić information content (AvgIpc) is 3.38. The summed E-state index contributed by atoms with van der Waals surface area (Å²) in [5.74, 6) is -3.73. The number of rotatable bonds is 7. The van der Waals surface area contributed by atoms with Gasteiger partial charge in [0, 0.05) is 5.25 Å². The fourth-order valence-electron chi connectivity index (χ4n) is 5.01. The molecule has 3 unspecified atom stereocenters. The van der Waals surface area contributed by atoms with Crippen molar-refractivity contribution in [3.8, 4) is 5.75 Å². The first-order valence-electron chi connectivity index (χ1n) is 12.6. The molecule has 40 heavy (non-hydrogen) atoms. The zero-order valence-corrected chi connectivity index (χ0v) is 24.4. The minimum absolute atomic E-state index is 0.0108. The van der Waals surface area contributed by atoms with Gasteiger partial charge in [-0.1, -0.05) is 71.2 Å². The van der Waals surface area contributed by atoms with Crippen LogP contribution in [0.15, 0.2) is 60.3 Å². The molecule has 2 aromatic carbocycles. The normalized spacial score (nSPS) is 22.3. The van der Waals surface area contributed by atoms with Crippen LogP contribution in [0, 0.1) is 0 Å². The van der Waals surface area contributed by atoms with Crippen molar-refractivity contribution >= 4 is 70.3 Å². The van der Waals surface area contributed by atoms with E-state index in [4.69, 9.17) is 44.3 Å². The van der Waals surface area contributed by atoms with Gasteiger partial charge in [0.1, 0.15) is 29.5 Å². The maximum absolute atomic E-state index is 13.6. The standard InChI is InChI=1S/C28H25Cl3N2O6S/c1-15-12-20(26(36)38-14-28(29,30)31)33-24(35)22(25(33)40-15)32-23(34)21(17-6-3-2-4-7-17)27(37)39-19-11-10-16-8-5-9-18(16)13-19/h2-4,6-7,10-13,15,21-22,25H,5,8-9,14H2,1H3,(H,32,34)/t15?,21?,22?,25-/m1/s1. The largest absolute Gasteiger partial charge is 0.456 e. The highest BCUT2D eigenvalue weighted by Crippen LogP contribution is 2.41. The third kappa shape index (κ3) is 6.12. The number of nitrogens with one attached hydrogen (secondary N) is 1. The summed E-state index contributed by atoms with van der Waals surface area (Å²) >= 11 is 18.4. The van der Waals surface area contributed by atoms with Gasteiger partial charge in [0.15, 0.2) is 5.92 Å². The highest BCUT2D eigenvalue weighted by atomic mass is 35.6. The van der Waals surface area contributed by atoms with E-state index in [1.807, 2.05) is 19.1 Å². The summed E-state index contributed by atoms with van der Waals surface area (Å²) in [5, 5.41) is 1.95. The average molecular weight is 624 g/mol. The molecule has 2 aromatic rings. The first kappa shape index (κ1) is 28.8. The molecule has 0 bridgehead atoms. The fourth-order valence-corrected chi connectivity index (χ4v) is 6.50. The van der Waals surface area contributed by atoms with Crippen LogP contribution in [0.5, 0.6) is 5.75 Å². The van der Waals surface area contributed by atoms with Gasteiger partial charge in [-0.25, -0.2) is 4.79 Å². The van der Waals surface area contributed by atoms with Gasteiger partial charge in [-0.2, -0.15) is 0 Å². The van der Waals surface area contributed by atoms with Crippen molar-refractivity contribution < 1.29 is 28.7 Å². The highest BCUT2D eigenvalue weighted by molar-refractivity contribution is 8.00. The molecule has 1 saturated heterocycles. The van der Waals surface area contributed by atoms with Crippen LogP contribution >= 0.6 is 46.6 Å². The number of β-lactam (4-membered cyclic amide) rings is 1. The third-order valence-electron chi connectivity index (χ3n) is 6.84. The third-order valence-corrected chi connectivity index (χ3v) is 8.50. The van der Waals surface area contributed by atoms with Crippen LogP contribution in [0.4, 0.5) is 0 Å². The van der Waals surface area contributed by atoms with Crippen molar-refractivity contribution in [1.29, 1.82) is 0 Å². The molecule has 0 saturated carbocycles. The number of esters is 2. The number of alkyl halides is 3. The van der Waals surface area contributed by atoms with Crippen molar-refractivity contribution in [2.45, 2.75) is 52.6 Å². The summed E-state index contributed by atoms with van der Waals surface area (Å²) in [7, 11) is 0. The molecule has 0 radical (unpaired) electrons. The molecule has 210 valence electrons. The van der Waals surface area contributed by atoms with Crippen LogP contribution < -0.4 is 10.1 Å². The molecule has 5 rings (SSSR count). The number of nitrogens with zero attached hydrogens (tertiary/aromatic N) is 1. The Kier molecular flexibility index (Phi) is 8.38. The molecule has 2 heterocycles. The van der Waals surface area contributed by atoms with E-state index in [0.29, 0.717) is 11.3 Å². The second-order valence-corrected chi connectivity index (χ2v) is 13.7. The van der Waals surface area contributed by atoms with Gasteiger partial charge in [0.05, 0.1) is 0 Å². The SMILES string of the molecule is CC1C=C(C(=O)OCC(Cl)(Cl)Cl)N2C(=O)C(NC(=O)C(C(=O)Oc3ccc4c(c3)CCC4)c3ccccc3)[C@H]2S1. The first-order chi connectivity index (χ1) is 19.0. The Labute approximate surface area is 250 Å². The zero-order chi connectivity index (χ0) is 28.6. The summed E-state index contributed by atoms with van der Waals surface area (Å²) in [6.07, 6.45) is 4.53. The molecular weight excluding hydrogens is 599 g/mol. The van der Waals surface area contributed by atoms with Crippen LogP contribution in [0.2, 0.25) is 0 Å². The Morgan fingerprint density at radius 2 is 1.82 bits per heavy atom. The van der Waals surface area contributed by atoms with Crippen molar-refractivity contribution in [2.75, 3.05) is 6.61 Å². The Morgan fingerprint density at radius 1 is 1.10 bits per heavy atom. The Balaban J connectivity index is 1.31. The summed E-state index contributed by atoms with van der Waals surface area (Å²) in [6.45, 7) is 1.35. The Morgan fingerprint density at radius 3 is 2.55 bits per heavy atom. The van der Waals surface area contributed by atoms with Gasteiger partial charge in [-0.3, -0.25) is 19.3 Å². The van der Waals surface area contributed by atoms with Crippen molar-refractivity contribution in [1.82, 2.24) is 10.2 Å². The van der Waals surface area contributed by atoms with Gasteiger partial charge >= 0.3 is 11.9 Å². The number of hydrogen-bond donors (Lipinski definition) is 1. The van der Waals surface area contributed by atoms with E-state index >= 15 is 0 Å². The van der Waals surface area contributed by atoms with Crippen LogP contribution in [-0.2, 0) is 36.8 Å². The smallest absolute Gasteiger partial charge is 0.354 e. The molecule has 8 nitrogen and oxygen atoms in total. The van der Waals surface area contributed by atoms with Gasteiger partial charge in [0.25, 0.3) is 5.91 Å². The number of thioether (sulfide) groups is 1. The van der Waals surface area contributed by atoms with E-state index in [0.717, 1.165) is 24.8 Å². The number of amides is 2. The number of ether oxygens (including phenoxy) is 2. The molecule has 2 aliphatic heterocycles. The van der Waals surface area contributed by atoms with Crippen LogP contribution in [0.1, 0.15) is 36.0 Å². The number of carbonyl (C=O) groups excluding carboxylic acids is 4. The van der Waals surface area contributed by atoms with E-state index < -0.39 is 51.5 Å². The number of aryl methyl sites for hydroxylation is 2. The highest BCUT2D eigenvalue weighted by Gasteiger charge is 2.55. The van der Waals surface area contributed by atoms with E-state index in [1.165, 1.54) is 22.2 Å². The second-order valence-electron chi connectivity index (χ2n) is 9.72. The summed E-state index contributed by atoms with van der Waals surface area (Å²) in [4.78, 5) is 54.0. The predicted octanol–water partition coefficient (Wildman–Crippen LogP) is 4.45. The lowest BCUT2D eigenvalue weighted by molar-refractivity contribution is -0.153. The summed E-state index contributed by atoms with van der Waals surface area (Å²) in [5.41, 5.74) is 2.80. The lowest BCUT2D eigenvalue weighted by Gasteiger charge is -2.49. The van der Waals surface area contributed by atoms with Gasteiger partial charge in [-0.15, -0.1) is 11.8 Å². The lowest BCUT2D eigenvalue weighted by atomic mass is 9.96. The number of benzene rings is 2. The number of hydrogen-bond acceptors (Lipinski definition) is 7. The zero-order valence-electron chi connectivity index (χ0n) is 21.3. The molecule has 2 amide bonds. The monoisotopic (exact) mass is 622 g/mol. The van der Waals surface area contributed by atoms with Crippen LogP contribution in [0.25, 0.3) is 0 Å². The Hall–Kier alpha value is -2.72. The molecule has 1 N–H and O–H groups in total. The quantitative estimate of drug-likeness (QED) is 0.160. The molecule has 3 aliphatic rings. The molecule has 1 aliphatic carbocycles. The minimum Gasteiger partial charge on any atom is -0.456 e. The lowest BCUT2D eigenvalue weighted by Crippen LogP contribution is -2.71. The number of halogens is 3. The van der Waals surface area contributed by atoms with Crippen molar-refractivity contribution in [3.63, 3.8) is 0 Å². The van der Waals surface area contributed by atoms with Gasteiger partial charge in [0.2, 0.25) is 9.70 Å². The van der Waals surface area contributed by atoms with E-state index in [-0.39, 0.29) is 10.9 Å². The summed E-state index contributed by atoms with van der Waals surface area (Å²) < 4.78 is 8.93. The Bertz CT molecular complexity index is 1380. The number of carbonyl (C=O) groups is 4. The minimum atomic E-state index is -1.80. The second kappa shape index (κ2) is 11.6. The van der Waals surface area contributed by atoms with Crippen LogP contribution in [0.3, 0.4) is 0 Å². The molecular formula is C28H25Cl3N2O6S. The van der Waals surface area contributed by atoms with E-state index in [2.05, 4.69) is 5.32 Å². The fraction of sp³-hybridized carbons (Fsp3) is 0.357. The first-order valence-corrected chi connectivity index (χ1v) is 14.7. The number of fused-ring (bicyclic) bond motifs is 2. The molecule has 1 fully saturated rings. The van der Waals surface area contributed by atoms with E-state index in [1.54, 1.807) is 42.5 Å². The molecule has 4 atom stereocenters. The van der Waals surface area contributed by atoms with E-state index in [9.17, 15) is 19.2 Å². The predicted molar refractivity (Wildman–Crippen MR) is 152 cm³/mol. The molecule has 0 aromatic heterocycles. The molecule has 0 spiro atoms. The van der Waals surface area contributed by atoms with Crippen molar-refractivity contribution in [3.05, 3.63) is 77.0 Å². The molecule has 12 heteroatoms. The maximum atomic E-state index is 13.6. The van der Waals surface area contributed by atoms with Gasteiger partial charge in [-0.05, 0) is 61.1 Å². The summed E-state index contributed by atoms with van der Waals surface area (Å²) in [6, 6.07) is 13.0. The van der Waals surface area contributed by atoms with Gasteiger partial charge < -0.3 is 14.8 Å². The topological polar surface area (TPSA) is 102 Å². The van der Waals surface area contributed by atoms with Crippen molar-refractivity contribution in [2.24, 2.45) is 0 Å². The maximum Gasteiger partial charge on any atom is 0.354 e.